The second kappa shape index (κ2) is 7.57. The van der Waals surface area contributed by atoms with Crippen LogP contribution in [0.4, 0.5) is 0 Å². The van der Waals surface area contributed by atoms with Crippen molar-refractivity contribution in [2.75, 3.05) is 6.54 Å². The van der Waals surface area contributed by atoms with Gasteiger partial charge in [0.25, 0.3) is 5.91 Å². The van der Waals surface area contributed by atoms with Crippen LogP contribution in [-0.4, -0.2) is 38.9 Å². The van der Waals surface area contributed by atoms with E-state index in [1.807, 2.05) is 22.8 Å². The van der Waals surface area contributed by atoms with Crippen molar-refractivity contribution in [2.24, 2.45) is 0 Å². The fraction of sp³-hybridized carbons (Fsp3) is 0.300. The highest BCUT2D eigenvalue weighted by Crippen LogP contribution is 2.18. The fourth-order valence-electron chi connectivity index (χ4n) is 2.90. The molecule has 0 bridgehead atoms. The number of benzene rings is 1. The second-order valence-electron chi connectivity index (χ2n) is 6.76. The molecule has 2 heterocycles. The number of fused-ring (bicyclic) bond motifs is 1. The molecule has 4 rings (SSSR count). The van der Waals surface area contributed by atoms with Crippen molar-refractivity contribution in [1.29, 1.82) is 0 Å². The van der Waals surface area contributed by atoms with Gasteiger partial charge < -0.3 is 15.2 Å². The molecule has 2 N–H and O–H groups in total. The summed E-state index contributed by atoms with van der Waals surface area (Å²) in [4.78, 5) is 32.7. The van der Waals surface area contributed by atoms with Gasteiger partial charge in [-0.25, -0.2) is 9.97 Å². The maximum Gasteiger partial charge on any atom is 0.253 e. The maximum atomic E-state index is 12.2. The zero-order chi connectivity index (χ0) is 18.6. The molecule has 3 aromatic rings. The molecular formula is C20H21N5O2. The number of amides is 2. The fourth-order valence-corrected chi connectivity index (χ4v) is 2.90. The van der Waals surface area contributed by atoms with Crippen molar-refractivity contribution in [2.45, 2.75) is 31.8 Å². The smallest absolute Gasteiger partial charge is 0.253 e. The number of hydrogen-bond acceptors (Lipinski definition) is 4. The molecule has 1 fully saturated rings. The van der Waals surface area contributed by atoms with E-state index in [0.29, 0.717) is 11.1 Å². The Morgan fingerprint density at radius 1 is 1.15 bits per heavy atom. The van der Waals surface area contributed by atoms with Crippen LogP contribution in [0.25, 0.3) is 11.2 Å². The van der Waals surface area contributed by atoms with Crippen LogP contribution in [0, 0.1) is 0 Å². The van der Waals surface area contributed by atoms with Crippen molar-refractivity contribution in [3.05, 3.63) is 60.0 Å². The van der Waals surface area contributed by atoms with Crippen molar-refractivity contribution in [1.82, 2.24) is 25.2 Å². The first-order chi connectivity index (χ1) is 13.2. The van der Waals surface area contributed by atoms with Crippen LogP contribution in [0.3, 0.4) is 0 Å². The van der Waals surface area contributed by atoms with Gasteiger partial charge >= 0.3 is 0 Å². The molecule has 2 amide bonds. The number of hydrogen-bond donors (Lipinski definition) is 2. The quantitative estimate of drug-likeness (QED) is 0.668. The first-order valence-electron chi connectivity index (χ1n) is 9.11. The lowest BCUT2D eigenvalue weighted by Crippen LogP contribution is -2.37. The standard InChI is InChI=1S/C20H21N5O2/c26-18(24-16-6-7-16)12-22-20(27)15-10-17-19(21-11-15)25(13-23-17)9-8-14-4-2-1-3-5-14/h1-5,10-11,13,16H,6-9,12H2,(H,22,27)(H,24,26). The average molecular weight is 363 g/mol. The Morgan fingerprint density at radius 2 is 1.96 bits per heavy atom. The third-order valence-corrected chi connectivity index (χ3v) is 4.55. The first kappa shape index (κ1) is 17.2. The van der Waals surface area contributed by atoms with Gasteiger partial charge in [0.1, 0.15) is 5.52 Å². The summed E-state index contributed by atoms with van der Waals surface area (Å²) in [6, 6.07) is 12.2. The molecule has 138 valence electrons. The molecule has 7 nitrogen and oxygen atoms in total. The second-order valence-corrected chi connectivity index (χ2v) is 6.76. The Bertz CT molecular complexity index is 963. The molecule has 0 unspecified atom stereocenters. The first-order valence-corrected chi connectivity index (χ1v) is 9.11. The summed E-state index contributed by atoms with van der Waals surface area (Å²) in [5, 5.41) is 5.46. The molecule has 0 radical (unpaired) electrons. The molecule has 1 aromatic carbocycles. The van der Waals surface area contributed by atoms with Crippen LogP contribution in [0.1, 0.15) is 28.8 Å². The monoisotopic (exact) mass is 363 g/mol. The highest BCUT2D eigenvalue weighted by Gasteiger charge is 2.23. The Balaban J connectivity index is 1.38. The summed E-state index contributed by atoms with van der Waals surface area (Å²) in [5.41, 5.74) is 3.06. The lowest BCUT2D eigenvalue weighted by atomic mass is 10.1. The van der Waals surface area contributed by atoms with E-state index in [0.717, 1.165) is 31.5 Å². The lowest BCUT2D eigenvalue weighted by Gasteiger charge is -2.06. The number of pyridine rings is 1. The minimum Gasteiger partial charge on any atom is -0.352 e. The average Bonchev–Trinajstić information content (AvgIpc) is 3.42. The minimum atomic E-state index is -0.325. The Morgan fingerprint density at radius 3 is 2.74 bits per heavy atom. The van der Waals surface area contributed by atoms with Crippen LogP contribution in [0.5, 0.6) is 0 Å². The Hall–Kier alpha value is -3.22. The molecule has 27 heavy (non-hydrogen) atoms. The molecule has 1 aliphatic rings. The van der Waals surface area contributed by atoms with Crippen LogP contribution in [0.15, 0.2) is 48.9 Å². The van der Waals surface area contributed by atoms with Gasteiger partial charge in [0, 0.05) is 18.8 Å². The predicted octanol–water partition coefficient (Wildman–Crippen LogP) is 1.68. The number of carbonyl (C=O) groups excluding carboxylic acids is 2. The predicted molar refractivity (Wildman–Crippen MR) is 101 cm³/mol. The zero-order valence-corrected chi connectivity index (χ0v) is 14.9. The largest absolute Gasteiger partial charge is 0.352 e. The highest BCUT2D eigenvalue weighted by atomic mass is 16.2. The van der Waals surface area contributed by atoms with E-state index in [9.17, 15) is 9.59 Å². The molecular weight excluding hydrogens is 342 g/mol. The van der Waals surface area contributed by atoms with E-state index >= 15 is 0 Å². The van der Waals surface area contributed by atoms with E-state index in [2.05, 4.69) is 32.7 Å². The number of imidazole rings is 1. The number of rotatable bonds is 7. The molecule has 7 heteroatoms. The van der Waals surface area contributed by atoms with Gasteiger partial charge in [0.15, 0.2) is 5.65 Å². The van der Waals surface area contributed by atoms with Gasteiger partial charge in [0.05, 0.1) is 18.4 Å². The van der Waals surface area contributed by atoms with Gasteiger partial charge in [-0.1, -0.05) is 30.3 Å². The molecule has 2 aromatic heterocycles. The molecule has 0 saturated heterocycles. The van der Waals surface area contributed by atoms with Crippen LogP contribution >= 0.6 is 0 Å². The number of aromatic nitrogens is 3. The summed E-state index contributed by atoms with van der Waals surface area (Å²) < 4.78 is 1.98. The zero-order valence-electron chi connectivity index (χ0n) is 14.9. The van der Waals surface area contributed by atoms with Crippen LogP contribution < -0.4 is 10.6 Å². The number of nitrogens with zero attached hydrogens (tertiary/aromatic N) is 3. The Kier molecular flexibility index (Phi) is 4.82. The van der Waals surface area contributed by atoms with Gasteiger partial charge in [-0.3, -0.25) is 9.59 Å². The lowest BCUT2D eigenvalue weighted by molar-refractivity contribution is -0.120. The van der Waals surface area contributed by atoms with Crippen molar-refractivity contribution in [3.8, 4) is 0 Å². The van der Waals surface area contributed by atoms with Crippen LogP contribution in [0.2, 0.25) is 0 Å². The molecule has 1 saturated carbocycles. The minimum absolute atomic E-state index is 0.0289. The van der Waals surface area contributed by atoms with Gasteiger partial charge in [0.2, 0.25) is 5.91 Å². The normalized spacial score (nSPS) is 13.5. The van der Waals surface area contributed by atoms with Gasteiger partial charge in [-0.15, -0.1) is 0 Å². The van der Waals surface area contributed by atoms with E-state index in [-0.39, 0.29) is 24.4 Å². The SMILES string of the molecule is O=C(CNC(=O)c1cnc2c(c1)ncn2CCc1ccccc1)NC1CC1. The molecule has 1 aliphatic carbocycles. The topological polar surface area (TPSA) is 88.9 Å². The van der Waals surface area contributed by atoms with E-state index < -0.39 is 0 Å². The molecule has 0 aliphatic heterocycles. The number of nitrogens with one attached hydrogen (secondary N) is 2. The Labute approximate surface area is 156 Å². The van der Waals surface area contributed by atoms with Crippen molar-refractivity contribution in [3.63, 3.8) is 0 Å². The molecule has 0 atom stereocenters. The molecule has 0 spiro atoms. The summed E-state index contributed by atoms with van der Waals surface area (Å²) in [7, 11) is 0. The third kappa shape index (κ3) is 4.31. The third-order valence-electron chi connectivity index (χ3n) is 4.55. The van der Waals surface area contributed by atoms with Crippen LogP contribution in [-0.2, 0) is 17.8 Å². The maximum absolute atomic E-state index is 12.2. The number of aryl methyl sites for hydroxylation is 2. The summed E-state index contributed by atoms with van der Waals surface area (Å²) >= 11 is 0. The van der Waals surface area contributed by atoms with E-state index in [4.69, 9.17) is 0 Å². The van der Waals surface area contributed by atoms with E-state index in [1.54, 1.807) is 12.4 Å². The van der Waals surface area contributed by atoms with Gasteiger partial charge in [-0.05, 0) is 30.9 Å². The highest BCUT2D eigenvalue weighted by molar-refractivity contribution is 5.98. The summed E-state index contributed by atoms with van der Waals surface area (Å²) in [6.45, 7) is 0.735. The van der Waals surface area contributed by atoms with Crippen molar-refractivity contribution >= 4 is 23.0 Å². The van der Waals surface area contributed by atoms with E-state index in [1.165, 1.54) is 11.8 Å². The van der Waals surface area contributed by atoms with Crippen molar-refractivity contribution < 1.29 is 9.59 Å². The van der Waals surface area contributed by atoms with Gasteiger partial charge in [-0.2, -0.15) is 0 Å². The summed E-state index contributed by atoms with van der Waals surface area (Å²) in [5.74, 6) is -0.487. The number of carbonyl (C=O) groups is 2. The summed E-state index contributed by atoms with van der Waals surface area (Å²) in [6.07, 6.45) is 6.19.